The van der Waals surface area contributed by atoms with Gasteiger partial charge in [0.05, 0.1) is 22.3 Å². The van der Waals surface area contributed by atoms with Gasteiger partial charge in [-0.1, -0.05) is 33.6 Å². The van der Waals surface area contributed by atoms with Crippen LogP contribution in [0.2, 0.25) is 5.02 Å². The van der Waals surface area contributed by atoms with Gasteiger partial charge in [-0.15, -0.1) is 0 Å². The molecule has 0 unspecified atom stereocenters. The number of nitrogens with one attached hydrogen (secondary N) is 1. The van der Waals surface area contributed by atoms with Crippen molar-refractivity contribution in [3.8, 4) is 6.07 Å². The van der Waals surface area contributed by atoms with Crippen LogP contribution in [0.3, 0.4) is 0 Å². The van der Waals surface area contributed by atoms with Crippen LogP contribution >= 0.6 is 27.5 Å². The summed E-state index contributed by atoms with van der Waals surface area (Å²) in [5.41, 5.74) is 3.43. The number of nitrogens with zero attached hydrogens (tertiary/aromatic N) is 1. The van der Waals surface area contributed by atoms with E-state index in [0.29, 0.717) is 10.6 Å². The zero-order valence-corrected chi connectivity index (χ0v) is 12.0. The van der Waals surface area contributed by atoms with Gasteiger partial charge in [0.1, 0.15) is 0 Å². The highest BCUT2D eigenvalue weighted by atomic mass is 79.9. The highest BCUT2D eigenvalue weighted by Crippen LogP contribution is 2.30. The largest absolute Gasteiger partial charge is 0.354 e. The molecule has 0 spiro atoms. The maximum absolute atomic E-state index is 8.79. The van der Waals surface area contributed by atoms with Crippen molar-refractivity contribution in [2.75, 3.05) is 5.32 Å². The lowest BCUT2D eigenvalue weighted by Gasteiger charge is -2.12. The van der Waals surface area contributed by atoms with E-state index < -0.39 is 0 Å². The zero-order valence-electron chi connectivity index (χ0n) is 9.67. The van der Waals surface area contributed by atoms with E-state index in [1.165, 1.54) is 0 Å². The summed E-state index contributed by atoms with van der Waals surface area (Å²) < 4.78 is 1.04. The number of rotatable bonds is 2. The van der Waals surface area contributed by atoms with Crippen LogP contribution in [0.4, 0.5) is 11.4 Å². The van der Waals surface area contributed by atoms with Crippen molar-refractivity contribution < 1.29 is 0 Å². The second kappa shape index (κ2) is 5.43. The van der Waals surface area contributed by atoms with Gasteiger partial charge in [0.15, 0.2) is 0 Å². The molecule has 4 heteroatoms. The smallest absolute Gasteiger partial charge is 0.0992 e. The molecule has 0 aliphatic rings. The van der Waals surface area contributed by atoms with Crippen molar-refractivity contribution >= 4 is 38.9 Å². The van der Waals surface area contributed by atoms with Crippen LogP contribution < -0.4 is 5.32 Å². The summed E-state index contributed by atoms with van der Waals surface area (Å²) in [4.78, 5) is 0. The molecule has 0 heterocycles. The quantitative estimate of drug-likeness (QED) is 0.842. The first-order valence-electron chi connectivity index (χ1n) is 5.33. The molecule has 2 aromatic rings. The fourth-order valence-electron chi connectivity index (χ4n) is 1.57. The van der Waals surface area contributed by atoms with E-state index >= 15 is 0 Å². The van der Waals surface area contributed by atoms with E-state index in [4.69, 9.17) is 16.9 Å². The lowest BCUT2D eigenvalue weighted by Crippen LogP contribution is -1.94. The van der Waals surface area contributed by atoms with E-state index in [-0.39, 0.29) is 0 Å². The zero-order chi connectivity index (χ0) is 13.1. The monoisotopic (exact) mass is 320 g/mol. The molecular formula is C14H10BrClN2. The van der Waals surface area contributed by atoms with Gasteiger partial charge in [0.25, 0.3) is 0 Å². The SMILES string of the molecule is Cc1c(Br)cccc1Nc1ccc(C#N)cc1Cl. The molecular weight excluding hydrogens is 312 g/mol. The van der Waals surface area contributed by atoms with Crippen LogP contribution in [0.5, 0.6) is 0 Å². The van der Waals surface area contributed by atoms with Crippen LogP contribution in [0.25, 0.3) is 0 Å². The standard InChI is InChI=1S/C14H10BrClN2/c1-9-11(15)3-2-4-13(9)18-14-6-5-10(8-17)7-12(14)16/h2-7,18H,1H3. The van der Waals surface area contributed by atoms with Gasteiger partial charge in [-0.3, -0.25) is 0 Å². The Morgan fingerprint density at radius 3 is 2.67 bits per heavy atom. The maximum atomic E-state index is 8.79. The number of benzene rings is 2. The Kier molecular flexibility index (Phi) is 3.90. The Morgan fingerprint density at radius 2 is 2.00 bits per heavy atom. The number of hydrogen-bond donors (Lipinski definition) is 1. The second-order valence-electron chi connectivity index (χ2n) is 3.84. The minimum atomic E-state index is 0.536. The van der Waals surface area contributed by atoms with Crippen molar-refractivity contribution in [2.45, 2.75) is 6.92 Å². The van der Waals surface area contributed by atoms with Crippen LogP contribution in [0, 0.1) is 18.3 Å². The Morgan fingerprint density at radius 1 is 1.22 bits per heavy atom. The normalized spacial score (nSPS) is 9.89. The molecule has 0 fully saturated rings. The van der Waals surface area contributed by atoms with Gasteiger partial charge >= 0.3 is 0 Å². The number of halogens is 2. The van der Waals surface area contributed by atoms with Gasteiger partial charge < -0.3 is 5.32 Å². The molecule has 0 amide bonds. The van der Waals surface area contributed by atoms with Crippen molar-refractivity contribution in [3.05, 3.63) is 57.0 Å². The Bertz CT molecular complexity index is 632. The topological polar surface area (TPSA) is 35.8 Å². The summed E-state index contributed by atoms with van der Waals surface area (Å²) in [6, 6.07) is 13.2. The van der Waals surface area contributed by atoms with Crippen LogP contribution in [0.15, 0.2) is 40.9 Å². The molecule has 0 aliphatic heterocycles. The van der Waals surface area contributed by atoms with E-state index in [9.17, 15) is 0 Å². The molecule has 2 nitrogen and oxygen atoms in total. The van der Waals surface area contributed by atoms with Gasteiger partial charge in [-0.25, -0.2) is 0 Å². The van der Waals surface area contributed by atoms with E-state index in [1.807, 2.05) is 25.1 Å². The molecule has 1 N–H and O–H groups in total. The third-order valence-electron chi connectivity index (χ3n) is 2.64. The fourth-order valence-corrected chi connectivity index (χ4v) is 2.17. The average molecular weight is 322 g/mol. The third-order valence-corrected chi connectivity index (χ3v) is 3.81. The predicted molar refractivity (Wildman–Crippen MR) is 78.3 cm³/mol. The average Bonchev–Trinajstić information content (AvgIpc) is 2.37. The molecule has 2 rings (SSSR count). The van der Waals surface area contributed by atoms with Crippen molar-refractivity contribution in [2.24, 2.45) is 0 Å². The molecule has 0 saturated heterocycles. The van der Waals surface area contributed by atoms with E-state index in [0.717, 1.165) is 21.4 Å². The van der Waals surface area contributed by atoms with E-state index in [1.54, 1.807) is 18.2 Å². The fraction of sp³-hybridized carbons (Fsp3) is 0.0714. The van der Waals surface area contributed by atoms with Gasteiger partial charge in [-0.2, -0.15) is 5.26 Å². The lowest BCUT2D eigenvalue weighted by molar-refractivity contribution is 1.40. The number of nitriles is 1. The molecule has 0 radical (unpaired) electrons. The summed E-state index contributed by atoms with van der Waals surface area (Å²) in [6.45, 7) is 2.02. The molecule has 0 atom stereocenters. The minimum Gasteiger partial charge on any atom is -0.354 e. The lowest BCUT2D eigenvalue weighted by atomic mass is 10.1. The van der Waals surface area contributed by atoms with Crippen molar-refractivity contribution in [3.63, 3.8) is 0 Å². The molecule has 18 heavy (non-hydrogen) atoms. The molecule has 0 saturated carbocycles. The minimum absolute atomic E-state index is 0.536. The highest BCUT2D eigenvalue weighted by Gasteiger charge is 2.05. The summed E-state index contributed by atoms with van der Waals surface area (Å²) in [5, 5.41) is 12.6. The number of anilines is 2. The van der Waals surface area contributed by atoms with Crippen molar-refractivity contribution in [1.82, 2.24) is 0 Å². The predicted octanol–water partition coefficient (Wildman–Crippen LogP) is 5.03. The molecule has 0 aromatic heterocycles. The summed E-state index contributed by atoms with van der Waals surface area (Å²) in [5.74, 6) is 0. The first-order chi connectivity index (χ1) is 8.61. The maximum Gasteiger partial charge on any atom is 0.0992 e. The van der Waals surface area contributed by atoms with Gasteiger partial charge in [0.2, 0.25) is 0 Å². The van der Waals surface area contributed by atoms with Crippen LogP contribution in [-0.4, -0.2) is 0 Å². The van der Waals surface area contributed by atoms with Gasteiger partial charge in [-0.05, 0) is 42.8 Å². The highest BCUT2D eigenvalue weighted by molar-refractivity contribution is 9.10. The molecule has 90 valence electrons. The number of hydrogen-bond acceptors (Lipinski definition) is 2. The molecule has 2 aromatic carbocycles. The van der Waals surface area contributed by atoms with Crippen molar-refractivity contribution in [1.29, 1.82) is 5.26 Å². The molecule has 0 aliphatic carbocycles. The second-order valence-corrected chi connectivity index (χ2v) is 5.11. The Labute approximate surface area is 119 Å². The summed E-state index contributed by atoms with van der Waals surface area (Å²) >= 11 is 9.61. The summed E-state index contributed by atoms with van der Waals surface area (Å²) in [7, 11) is 0. The molecule has 0 bridgehead atoms. The van der Waals surface area contributed by atoms with Gasteiger partial charge in [0, 0.05) is 10.2 Å². The Balaban J connectivity index is 2.35. The van der Waals surface area contributed by atoms with Crippen LogP contribution in [0.1, 0.15) is 11.1 Å². The Hall–Kier alpha value is -1.50. The summed E-state index contributed by atoms with van der Waals surface area (Å²) in [6.07, 6.45) is 0. The first-order valence-corrected chi connectivity index (χ1v) is 6.50. The van der Waals surface area contributed by atoms with Crippen LogP contribution in [-0.2, 0) is 0 Å². The third kappa shape index (κ3) is 2.66. The van der Waals surface area contributed by atoms with E-state index in [2.05, 4.69) is 27.3 Å². The first kappa shape index (κ1) is 12.9.